The van der Waals surface area contributed by atoms with E-state index in [9.17, 15) is 0 Å². The summed E-state index contributed by atoms with van der Waals surface area (Å²) in [5, 5.41) is 0. The van der Waals surface area contributed by atoms with Crippen molar-refractivity contribution in [1.82, 2.24) is 4.98 Å². The van der Waals surface area contributed by atoms with E-state index in [0.717, 1.165) is 11.4 Å². The molecule has 0 atom stereocenters. The van der Waals surface area contributed by atoms with Gasteiger partial charge in [0.05, 0.1) is 12.8 Å². The third kappa shape index (κ3) is 1.35. The molecule has 10 heavy (non-hydrogen) atoms. The van der Waals surface area contributed by atoms with Crippen LogP contribution in [-0.4, -0.2) is 12.1 Å². The van der Waals surface area contributed by atoms with Crippen LogP contribution in [0.15, 0.2) is 24.9 Å². The van der Waals surface area contributed by atoms with Gasteiger partial charge in [-0.05, 0) is 12.1 Å². The quantitative estimate of drug-likeness (QED) is 0.616. The Morgan fingerprint density at radius 1 is 1.70 bits per heavy atom. The van der Waals surface area contributed by atoms with Crippen molar-refractivity contribution in [2.24, 2.45) is 0 Å². The van der Waals surface area contributed by atoms with E-state index in [1.165, 1.54) is 0 Å². The van der Waals surface area contributed by atoms with Crippen LogP contribution in [0.1, 0.15) is 5.69 Å². The lowest BCUT2D eigenvalue weighted by atomic mass is 10.3. The number of pyridine rings is 1. The lowest BCUT2D eigenvalue weighted by Crippen LogP contribution is -1.84. The van der Waals surface area contributed by atoms with Crippen LogP contribution in [-0.2, 0) is 0 Å². The van der Waals surface area contributed by atoms with E-state index in [1.54, 1.807) is 25.4 Å². The zero-order valence-electron chi connectivity index (χ0n) is 5.87. The van der Waals surface area contributed by atoms with E-state index in [1.807, 2.05) is 6.07 Å². The van der Waals surface area contributed by atoms with Crippen LogP contribution in [0, 0.1) is 0 Å². The molecular weight excluding hydrogens is 126 g/mol. The normalized spacial score (nSPS) is 8.90. The first-order chi connectivity index (χ1) is 4.86. The maximum Gasteiger partial charge on any atom is 0.122 e. The largest absolute Gasteiger partial charge is 0.497 e. The van der Waals surface area contributed by atoms with E-state index < -0.39 is 0 Å². The Morgan fingerprint density at radius 2 is 2.50 bits per heavy atom. The van der Waals surface area contributed by atoms with Crippen molar-refractivity contribution in [3.63, 3.8) is 0 Å². The van der Waals surface area contributed by atoms with Crippen molar-refractivity contribution < 1.29 is 4.74 Å². The summed E-state index contributed by atoms with van der Waals surface area (Å²) in [6.45, 7) is 3.59. The second-order valence-corrected chi connectivity index (χ2v) is 1.82. The molecule has 1 aromatic heterocycles. The number of hydrogen-bond acceptors (Lipinski definition) is 2. The van der Waals surface area contributed by atoms with Crippen molar-refractivity contribution in [2.45, 2.75) is 0 Å². The number of aromatic nitrogens is 1. The van der Waals surface area contributed by atoms with Gasteiger partial charge in [0.15, 0.2) is 0 Å². The standard InChI is InChI=1S/C8H9NO/c1-3-7-6-8(10-2)4-5-9-7/h3-6H,1H2,2H3. The average Bonchev–Trinajstić information content (AvgIpc) is 2.05. The first-order valence-corrected chi connectivity index (χ1v) is 2.99. The van der Waals surface area contributed by atoms with E-state index in [0.29, 0.717) is 0 Å². The summed E-state index contributed by atoms with van der Waals surface area (Å²) >= 11 is 0. The molecule has 0 unspecified atom stereocenters. The van der Waals surface area contributed by atoms with Gasteiger partial charge in [0, 0.05) is 12.3 Å². The minimum atomic E-state index is 0.810. The SMILES string of the molecule is C=Cc1cc(OC)ccn1. The van der Waals surface area contributed by atoms with Crippen LogP contribution < -0.4 is 4.74 Å². The summed E-state index contributed by atoms with van der Waals surface area (Å²) in [5.74, 6) is 0.810. The molecular formula is C8H9NO. The van der Waals surface area contributed by atoms with Crippen LogP contribution in [0.5, 0.6) is 5.75 Å². The third-order valence-corrected chi connectivity index (χ3v) is 1.20. The number of methoxy groups -OCH3 is 1. The molecule has 0 fully saturated rings. The molecule has 1 aromatic rings. The summed E-state index contributed by atoms with van der Waals surface area (Å²) in [6.07, 6.45) is 3.37. The number of nitrogens with zero attached hydrogens (tertiary/aromatic N) is 1. The van der Waals surface area contributed by atoms with Crippen LogP contribution in [0.3, 0.4) is 0 Å². The Hall–Kier alpha value is -1.31. The predicted molar refractivity (Wildman–Crippen MR) is 40.9 cm³/mol. The second kappa shape index (κ2) is 3.01. The van der Waals surface area contributed by atoms with Crippen molar-refractivity contribution >= 4 is 6.08 Å². The highest BCUT2D eigenvalue weighted by molar-refractivity contribution is 5.44. The molecule has 0 N–H and O–H groups in total. The molecule has 0 radical (unpaired) electrons. The van der Waals surface area contributed by atoms with E-state index in [4.69, 9.17) is 4.74 Å². The fourth-order valence-electron chi connectivity index (χ4n) is 0.667. The van der Waals surface area contributed by atoms with Crippen LogP contribution in [0.2, 0.25) is 0 Å². The zero-order chi connectivity index (χ0) is 7.40. The van der Waals surface area contributed by atoms with Crippen LogP contribution in [0.4, 0.5) is 0 Å². The summed E-state index contributed by atoms with van der Waals surface area (Å²) in [5.41, 5.74) is 0.833. The summed E-state index contributed by atoms with van der Waals surface area (Å²) in [7, 11) is 1.63. The van der Waals surface area contributed by atoms with Gasteiger partial charge in [-0.3, -0.25) is 4.98 Å². The Bertz CT molecular complexity index is 232. The van der Waals surface area contributed by atoms with Crippen molar-refractivity contribution in [2.75, 3.05) is 7.11 Å². The Kier molecular flexibility index (Phi) is 2.05. The van der Waals surface area contributed by atoms with Gasteiger partial charge in [-0.1, -0.05) is 6.58 Å². The number of hydrogen-bond donors (Lipinski definition) is 0. The van der Waals surface area contributed by atoms with Gasteiger partial charge in [0.1, 0.15) is 5.75 Å². The first kappa shape index (κ1) is 6.81. The molecule has 0 saturated heterocycles. The fourth-order valence-corrected chi connectivity index (χ4v) is 0.667. The molecule has 0 aliphatic carbocycles. The Morgan fingerprint density at radius 3 is 3.10 bits per heavy atom. The average molecular weight is 135 g/mol. The molecule has 0 aromatic carbocycles. The molecule has 2 nitrogen and oxygen atoms in total. The minimum absolute atomic E-state index is 0.810. The highest BCUT2D eigenvalue weighted by atomic mass is 16.5. The molecule has 2 heteroatoms. The van der Waals surface area contributed by atoms with Gasteiger partial charge in [0.25, 0.3) is 0 Å². The maximum atomic E-state index is 4.97. The Labute approximate surface area is 60.2 Å². The third-order valence-electron chi connectivity index (χ3n) is 1.20. The highest BCUT2D eigenvalue weighted by Crippen LogP contribution is 2.09. The van der Waals surface area contributed by atoms with Crippen LogP contribution in [0.25, 0.3) is 6.08 Å². The smallest absolute Gasteiger partial charge is 0.122 e. The van der Waals surface area contributed by atoms with Gasteiger partial charge in [0.2, 0.25) is 0 Å². The molecule has 0 bridgehead atoms. The highest BCUT2D eigenvalue weighted by Gasteiger charge is 1.89. The lowest BCUT2D eigenvalue weighted by molar-refractivity contribution is 0.414. The molecule has 1 heterocycles. The molecule has 0 spiro atoms. The van der Waals surface area contributed by atoms with Crippen molar-refractivity contribution in [1.29, 1.82) is 0 Å². The van der Waals surface area contributed by atoms with Crippen molar-refractivity contribution in [3.8, 4) is 5.75 Å². The molecule has 0 saturated carbocycles. The van der Waals surface area contributed by atoms with Gasteiger partial charge in [-0.2, -0.15) is 0 Å². The van der Waals surface area contributed by atoms with Gasteiger partial charge in [-0.25, -0.2) is 0 Å². The second-order valence-electron chi connectivity index (χ2n) is 1.82. The molecule has 0 aliphatic heterocycles. The number of rotatable bonds is 2. The van der Waals surface area contributed by atoms with E-state index >= 15 is 0 Å². The molecule has 1 rings (SSSR count). The molecule has 0 amide bonds. The van der Waals surface area contributed by atoms with Gasteiger partial charge >= 0.3 is 0 Å². The molecule has 52 valence electrons. The predicted octanol–water partition coefficient (Wildman–Crippen LogP) is 1.73. The fraction of sp³-hybridized carbons (Fsp3) is 0.125. The zero-order valence-corrected chi connectivity index (χ0v) is 5.87. The van der Waals surface area contributed by atoms with E-state index in [-0.39, 0.29) is 0 Å². The van der Waals surface area contributed by atoms with Crippen LogP contribution >= 0.6 is 0 Å². The number of ether oxygens (including phenoxy) is 1. The summed E-state index contributed by atoms with van der Waals surface area (Å²) in [4.78, 5) is 4.01. The molecule has 0 aliphatic rings. The summed E-state index contributed by atoms with van der Waals surface area (Å²) in [6, 6.07) is 3.62. The monoisotopic (exact) mass is 135 g/mol. The maximum absolute atomic E-state index is 4.97. The topological polar surface area (TPSA) is 22.1 Å². The van der Waals surface area contributed by atoms with Crippen molar-refractivity contribution in [3.05, 3.63) is 30.6 Å². The van der Waals surface area contributed by atoms with Gasteiger partial charge < -0.3 is 4.74 Å². The van der Waals surface area contributed by atoms with E-state index in [2.05, 4.69) is 11.6 Å². The minimum Gasteiger partial charge on any atom is -0.497 e. The van der Waals surface area contributed by atoms with Gasteiger partial charge in [-0.15, -0.1) is 0 Å². The Balaban J connectivity index is 2.98. The summed E-state index contributed by atoms with van der Waals surface area (Å²) < 4.78 is 4.97. The lowest BCUT2D eigenvalue weighted by Gasteiger charge is -1.97. The first-order valence-electron chi connectivity index (χ1n) is 2.99.